The van der Waals surface area contributed by atoms with Gasteiger partial charge in [-0.3, -0.25) is 10.1 Å². The van der Waals surface area contributed by atoms with Gasteiger partial charge in [0.1, 0.15) is 5.52 Å². The summed E-state index contributed by atoms with van der Waals surface area (Å²) in [7, 11) is 0. The molecule has 0 saturated carbocycles. The van der Waals surface area contributed by atoms with Crippen molar-refractivity contribution in [2.75, 3.05) is 0 Å². The number of nitrogens with one attached hydrogen (secondary N) is 1. The van der Waals surface area contributed by atoms with Gasteiger partial charge < -0.3 is 4.98 Å². The third kappa shape index (κ3) is 2.90. The number of benzene rings is 2. The molecule has 2 aromatic carbocycles. The van der Waals surface area contributed by atoms with Crippen LogP contribution in [0.15, 0.2) is 47.6 Å². The maximum atomic E-state index is 11.2. The number of aromatic amines is 1. The molecule has 130 valence electrons. The first kappa shape index (κ1) is 16.5. The van der Waals surface area contributed by atoms with Crippen molar-refractivity contribution in [3.05, 3.63) is 69.4 Å². The monoisotopic (exact) mass is 364 g/mol. The number of non-ortho nitro benzene ring substituents is 1. The van der Waals surface area contributed by atoms with Crippen LogP contribution in [0, 0.1) is 24.0 Å². The zero-order valence-electron chi connectivity index (χ0n) is 14.3. The van der Waals surface area contributed by atoms with E-state index >= 15 is 0 Å². The number of imidazole rings is 1. The number of aryl methyl sites for hydroxylation is 2. The SMILES string of the molecule is Cc1ccc2[nH]c(SCc3ccc4cccc([N+](=O)[O-])c4n3)nc2c1C. The zero-order valence-corrected chi connectivity index (χ0v) is 15.1. The second-order valence-corrected chi connectivity index (χ2v) is 7.11. The highest BCUT2D eigenvalue weighted by Gasteiger charge is 2.14. The highest BCUT2D eigenvalue weighted by molar-refractivity contribution is 7.98. The maximum Gasteiger partial charge on any atom is 0.295 e. The van der Waals surface area contributed by atoms with Crippen molar-refractivity contribution in [2.45, 2.75) is 24.8 Å². The van der Waals surface area contributed by atoms with Crippen LogP contribution in [-0.4, -0.2) is 19.9 Å². The van der Waals surface area contributed by atoms with Gasteiger partial charge in [-0.1, -0.05) is 36.0 Å². The predicted octanol–water partition coefficient (Wildman–Crippen LogP) is 4.93. The van der Waals surface area contributed by atoms with E-state index in [1.165, 1.54) is 29.0 Å². The normalized spacial score (nSPS) is 11.3. The highest BCUT2D eigenvalue weighted by Crippen LogP contribution is 2.28. The number of hydrogen-bond donors (Lipinski definition) is 1. The van der Waals surface area contributed by atoms with Crippen molar-refractivity contribution < 1.29 is 4.92 Å². The molecule has 2 heterocycles. The van der Waals surface area contributed by atoms with Gasteiger partial charge in [-0.25, -0.2) is 9.97 Å². The molecule has 0 radical (unpaired) electrons. The van der Waals surface area contributed by atoms with E-state index in [2.05, 4.69) is 34.9 Å². The Labute approximate surface area is 153 Å². The summed E-state index contributed by atoms with van der Waals surface area (Å²) in [4.78, 5) is 23.3. The largest absolute Gasteiger partial charge is 0.333 e. The molecule has 0 bridgehead atoms. The lowest BCUT2D eigenvalue weighted by Gasteiger charge is -2.02. The van der Waals surface area contributed by atoms with Crippen LogP contribution in [0.4, 0.5) is 5.69 Å². The van der Waals surface area contributed by atoms with Crippen LogP contribution in [0.5, 0.6) is 0 Å². The molecule has 0 aliphatic rings. The predicted molar refractivity (Wildman–Crippen MR) is 104 cm³/mol. The van der Waals surface area contributed by atoms with Crippen LogP contribution in [-0.2, 0) is 5.75 Å². The molecule has 2 aromatic heterocycles. The Morgan fingerprint density at radius 2 is 1.92 bits per heavy atom. The molecule has 0 aliphatic carbocycles. The molecule has 0 unspecified atom stereocenters. The fraction of sp³-hybridized carbons (Fsp3) is 0.158. The second-order valence-electron chi connectivity index (χ2n) is 6.14. The van der Waals surface area contributed by atoms with Crippen molar-refractivity contribution >= 4 is 39.4 Å². The molecular formula is C19H16N4O2S. The number of nitro groups is 1. The van der Waals surface area contributed by atoms with Gasteiger partial charge in [-0.2, -0.15) is 0 Å². The number of nitrogens with zero attached hydrogens (tertiary/aromatic N) is 3. The van der Waals surface area contributed by atoms with Gasteiger partial charge in [-0.15, -0.1) is 0 Å². The second kappa shape index (κ2) is 6.42. The third-order valence-corrected chi connectivity index (χ3v) is 5.37. The minimum absolute atomic E-state index is 0.0317. The lowest BCUT2D eigenvalue weighted by atomic mass is 10.1. The number of para-hydroxylation sites is 1. The lowest BCUT2D eigenvalue weighted by molar-refractivity contribution is -0.383. The Morgan fingerprint density at radius 3 is 2.73 bits per heavy atom. The first-order valence-corrected chi connectivity index (χ1v) is 9.13. The Balaban J connectivity index is 1.63. The third-order valence-electron chi connectivity index (χ3n) is 4.47. The van der Waals surface area contributed by atoms with Crippen molar-refractivity contribution in [2.24, 2.45) is 0 Å². The van der Waals surface area contributed by atoms with Crippen molar-refractivity contribution in [3.8, 4) is 0 Å². The lowest BCUT2D eigenvalue weighted by Crippen LogP contribution is -1.94. The van der Waals surface area contributed by atoms with Crippen molar-refractivity contribution in [1.82, 2.24) is 15.0 Å². The maximum absolute atomic E-state index is 11.2. The van der Waals surface area contributed by atoms with Crippen LogP contribution in [0.25, 0.3) is 21.9 Å². The van der Waals surface area contributed by atoms with Crippen LogP contribution in [0.2, 0.25) is 0 Å². The van der Waals surface area contributed by atoms with Crippen molar-refractivity contribution in [1.29, 1.82) is 0 Å². The Hall–Kier alpha value is -2.93. The standard InChI is InChI=1S/C19H16N4O2S/c1-11-6-9-15-17(12(11)2)22-19(21-15)26-10-14-8-7-13-4-3-5-16(23(24)25)18(13)20-14/h3-9H,10H2,1-2H3,(H,21,22). The number of pyridine rings is 1. The van der Waals surface area contributed by atoms with E-state index in [4.69, 9.17) is 0 Å². The summed E-state index contributed by atoms with van der Waals surface area (Å²) >= 11 is 1.54. The van der Waals surface area contributed by atoms with Crippen LogP contribution in [0.3, 0.4) is 0 Å². The summed E-state index contributed by atoms with van der Waals surface area (Å²) in [6.45, 7) is 4.14. The summed E-state index contributed by atoms with van der Waals surface area (Å²) in [5, 5.41) is 12.8. The molecule has 0 atom stereocenters. The van der Waals surface area contributed by atoms with Gasteiger partial charge >= 0.3 is 0 Å². The molecule has 26 heavy (non-hydrogen) atoms. The van der Waals surface area contributed by atoms with E-state index in [1.807, 2.05) is 24.3 Å². The zero-order chi connectivity index (χ0) is 18.3. The molecular weight excluding hydrogens is 348 g/mol. The van der Waals surface area contributed by atoms with Gasteiger partial charge in [0.05, 0.1) is 21.7 Å². The van der Waals surface area contributed by atoms with Crippen molar-refractivity contribution in [3.63, 3.8) is 0 Å². The topological polar surface area (TPSA) is 84.7 Å². The first-order chi connectivity index (χ1) is 12.5. The van der Waals surface area contributed by atoms with E-state index in [-0.39, 0.29) is 5.69 Å². The molecule has 4 rings (SSSR count). The van der Waals surface area contributed by atoms with E-state index in [9.17, 15) is 10.1 Å². The smallest absolute Gasteiger partial charge is 0.295 e. The van der Waals surface area contributed by atoms with E-state index in [0.29, 0.717) is 11.3 Å². The fourth-order valence-corrected chi connectivity index (χ4v) is 3.68. The number of fused-ring (bicyclic) bond motifs is 2. The van der Waals surface area contributed by atoms with Gasteiger partial charge in [0.2, 0.25) is 0 Å². The van der Waals surface area contributed by atoms with E-state index in [1.54, 1.807) is 6.07 Å². The molecule has 4 aromatic rings. The Bertz CT molecular complexity index is 1150. The van der Waals surface area contributed by atoms with Gasteiger partial charge in [0.25, 0.3) is 5.69 Å². The summed E-state index contributed by atoms with van der Waals surface area (Å²) in [5.41, 5.74) is 5.61. The quantitative estimate of drug-likeness (QED) is 0.315. The van der Waals surface area contributed by atoms with E-state index < -0.39 is 4.92 Å². The minimum atomic E-state index is -0.392. The number of H-pyrrole nitrogens is 1. The molecule has 7 heteroatoms. The Morgan fingerprint density at radius 1 is 1.08 bits per heavy atom. The van der Waals surface area contributed by atoms with Crippen LogP contribution >= 0.6 is 11.8 Å². The average Bonchev–Trinajstić information content (AvgIpc) is 3.06. The molecule has 0 aliphatic heterocycles. The molecule has 0 saturated heterocycles. The molecule has 1 N–H and O–H groups in total. The van der Waals surface area contributed by atoms with Gasteiger partial charge in [-0.05, 0) is 37.1 Å². The van der Waals surface area contributed by atoms with E-state index in [0.717, 1.165) is 27.3 Å². The fourth-order valence-electron chi connectivity index (χ4n) is 2.90. The van der Waals surface area contributed by atoms with Crippen LogP contribution < -0.4 is 0 Å². The summed E-state index contributed by atoms with van der Waals surface area (Å²) in [5.74, 6) is 0.583. The first-order valence-electron chi connectivity index (χ1n) is 8.14. The number of rotatable bonds is 4. The number of hydrogen-bond acceptors (Lipinski definition) is 5. The molecule has 0 spiro atoms. The summed E-state index contributed by atoms with van der Waals surface area (Å²) in [6.07, 6.45) is 0. The number of nitro benzene ring substituents is 1. The number of thioether (sulfide) groups is 1. The summed E-state index contributed by atoms with van der Waals surface area (Å²) < 4.78 is 0. The average molecular weight is 364 g/mol. The minimum Gasteiger partial charge on any atom is -0.333 e. The summed E-state index contributed by atoms with van der Waals surface area (Å²) in [6, 6.07) is 12.9. The molecule has 6 nitrogen and oxygen atoms in total. The van der Waals surface area contributed by atoms with Crippen LogP contribution in [0.1, 0.15) is 16.8 Å². The number of aromatic nitrogens is 3. The van der Waals surface area contributed by atoms with Gasteiger partial charge in [0, 0.05) is 17.2 Å². The van der Waals surface area contributed by atoms with Gasteiger partial charge in [0.15, 0.2) is 5.16 Å². The Kier molecular flexibility index (Phi) is 4.08. The molecule has 0 amide bonds. The highest BCUT2D eigenvalue weighted by atomic mass is 32.2. The molecule has 0 fully saturated rings.